The molecule has 0 unspecified atom stereocenters. The Hall–Kier alpha value is -2.74. The quantitative estimate of drug-likeness (QED) is 0.859. The summed E-state index contributed by atoms with van der Waals surface area (Å²) < 4.78 is 27.3. The van der Waals surface area contributed by atoms with E-state index in [0.29, 0.717) is 5.69 Å². The second-order valence-corrected chi connectivity index (χ2v) is 6.89. The first-order valence-electron chi connectivity index (χ1n) is 7.79. The largest absolute Gasteiger partial charge is 0.326 e. The first-order chi connectivity index (χ1) is 12.4. The third kappa shape index (κ3) is 4.26. The van der Waals surface area contributed by atoms with Crippen molar-refractivity contribution >= 4 is 40.1 Å². The molecule has 1 saturated heterocycles. The first kappa shape index (κ1) is 18.1. The number of carbonyl (C=O) groups excluding carboxylic acids is 2. The van der Waals surface area contributed by atoms with Gasteiger partial charge in [0.15, 0.2) is 16.8 Å². The summed E-state index contributed by atoms with van der Waals surface area (Å²) in [6.45, 7) is 1.93. The number of nitrogens with one attached hydrogen (secondary N) is 2. The van der Waals surface area contributed by atoms with E-state index in [0.717, 1.165) is 29.5 Å². The van der Waals surface area contributed by atoms with Gasteiger partial charge in [-0.25, -0.2) is 13.8 Å². The minimum Gasteiger partial charge on any atom is -0.326 e. The molecule has 5 nitrogen and oxygen atoms in total. The Balaban J connectivity index is 1.65. The molecule has 0 spiro atoms. The minimum absolute atomic E-state index is 0.0622. The van der Waals surface area contributed by atoms with Gasteiger partial charge < -0.3 is 10.6 Å². The molecule has 2 aromatic rings. The van der Waals surface area contributed by atoms with Crippen molar-refractivity contribution < 1.29 is 18.4 Å². The summed E-state index contributed by atoms with van der Waals surface area (Å²) in [6, 6.07) is 10.6. The molecular weight excluding hydrogens is 360 g/mol. The molecule has 26 heavy (non-hydrogen) atoms. The fraction of sp³-hybridized carbons (Fsp3) is 0.167. The van der Waals surface area contributed by atoms with Gasteiger partial charge in [-0.3, -0.25) is 9.59 Å². The number of hydrogen-bond donors (Lipinski definition) is 2. The van der Waals surface area contributed by atoms with Gasteiger partial charge in [0.25, 0.3) is 0 Å². The minimum atomic E-state index is -0.826. The highest BCUT2D eigenvalue weighted by Crippen LogP contribution is 2.28. The maximum atomic E-state index is 13.6. The van der Waals surface area contributed by atoms with E-state index >= 15 is 0 Å². The van der Waals surface area contributed by atoms with Crippen LogP contribution in [-0.2, 0) is 9.59 Å². The van der Waals surface area contributed by atoms with Crippen LogP contribution in [0.3, 0.4) is 0 Å². The van der Waals surface area contributed by atoms with Crippen molar-refractivity contribution in [3.05, 3.63) is 59.7 Å². The van der Waals surface area contributed by atoms with Crippen molar-refractivity contribution in [3.8, 4) is 0 Å². The number of aryl methyl sites for hydroxylation is 1. The fourth-order valence-corrected chi connectivity index (χ4v) is 3.28. The highest BCUT2D eigenvalue weighted by molar-refractivity contribution is 8.15. The molecule has 0 aromatic heterocycles. The van der Waals surface area contributed by atoms with Crippen molar-refractivity contribution in [3.63, 3.8) is 0 Å². The zero-order valence-corrected chi connectivity index (χ0v) is 14.6. The van der Waals surface area contributed by atoms with Gasteiger partial charge in [0.1, 0.15) is 10.9 Å². The van der Waals surface area contributed by atoms with E-state index in [9.17, 15) is 18.4 Å². The molecule has 0 bridgehead atoms. The van der Waals surface area contributed by atoms with E-state index in [-0.39, 0.29) is 17.5 Å². The van der Waals surface area contributed by atoms with Gasteiger partial charge in [-0.2, -0.15) is 0 Å². The van der Waals surface area contributed by atoms with Crippen molar-refractivity contribution in [2.45, 2.75) is 18.6 Å². The Labute approximate surface area is 152 Å². The van der Waals surface area contributed by atoms with Gasteiger partial charge in [0, 0.05) is 12.1 Å². The van der Waals surface area contributed by atoms with Crippen LogP contribution in [0.1, 0.15) is 12.0 Å². The Kier molecular flexibility index (Phi) is 5.32. The Bertz CT molecular complexity index is 864. The zero-order chi connectivity index (χ0) is 18.7. The third-order valence-electron chi connectivity index (χ3n) is 3.63. The van der Waals surface area contributed by atoms with Crippen LogP contribution in [0.5, 0.6) is 0 Å². The number of carbonyl (C=O) groups is 2. The Morgan fingerprint density at radius 3 is 2.50 bits per heavy atom. The van der Waals surface area contributed by atoms with Crippen molar-refractivity contribution in [2.75, 3.05) is 5.32 Å². The van der Waals surface area contributed by atoms with Crippen LogP contribution in [-0.4, -0.2) is 22.2 Å². The fourth-order valence-electron chi connectivity index (χ4n) is 2.31. The van der Waals surface area contributed by atoms with Crippen molar-refractivity contribution in [2.24, 2.45) is 4.99 Å². The van der Waals surface area contributed by atoms with Crippen LogP contribution in [0.15, 0.2) is 47.5 Å². The van der Waals surface area contributed by atoms with Gasteiger partial charge in [-0.15, -0.1) is 0 Å². The second-order valence-electron chi connectivity index (χ2n) is 5.70. The van der Waals surface area contributed by atoms with E-state index in [1.54, 1.807) is 12.1 Å². The lowest BCUT2D eigenvalue weighted by Crippen LogP contribution is -2.28. The smallest absolute Gasteiger partial charge is 0.240 e. The summed E-state index contributed by atoms with van der Waals surface area (Å²) in [4.78, 5) is 27.9. The van der Waals surface area contributed by atoms with Crippen molar-refractivity contribution in [1.29, 1.82) is 0 Å². The number of rotatable bonds is 4. The van der Waals surface area contributed by atoms with Gasteiger partial charge in [-0.1, -0.05) is 35.5 Å². The summed E-state index contributed by atoms with van der Waals surface area (Å²) in [5, 5.41) is 4.50. The molecule has 1 heterocycles. The lowest BCUT2D eigenvalue weighted by molar-refractivity contribution is -0.122. The van der Waals surface area contributed by atoms with Crippen LogP contribution in [0, 0.1) is 18.6 Å². The normalized spacial score (nSPS) is 18.0. The van der Waals surface area contributed by atoms with Gasteiger partial charge in [-0.05, 0) is 31.2 Å². The summed E-state index contributed by atoms with van der Waals surface area (Å²) in [5.74, 6) is -2.41. The van der Waals surface area contributed by atoms with Gasteiger partial charge in [0.2, 0.25) is 11.8 Å². The number of hydrogen-bond acceptors (Lipinski definition) is 4. The topological polar surface area (TPSA) is 70.6 Å². The van der Waals surface area contributed by atoms with Gasteiger partial charge in [0.05, 0.1) is 0 Å². The van der Waals surface area contributed by atoms with Crippen LogP contribution in [0.2, 0.25) is 0 Å². The lowest BCUT2D eigenvalue weighted by Gasteiger charge is -2.07. The van der Waals surface area contributed by atoms with E-state index in [2.05, 4.69) is 15.6 Å². The molecule has 134 valence electrons. The number of anilines is 1. The van der Waals surface area contributed by atoms with E-state index in [4.69, 9.17) is 0 Å². The summed E-state index contributed by atoms with van der Waals surface area (Å²) in [7, 11) is 0. The standard InChI is InChI=1S/C18H15F2N3O2S/c1-10-5-7-11(8-6-10)21-15(24)9-14-17(25)23-18(26-14)22-16-12(19)3-2-4-13(16)20/h2-8,14H,9H2,1H3,(H,21,24)(H,22,23,25)/t14-/m0/s1. The average molecular weight is 375 g/mol. The summed E-state index contributed by atoms with van der Waals surface area (Å²) in [5.41, 5.74) is 1.22. The SMILES string of the molecule is Cc1ccc(NC(=O)C[C@@H]2SC(=Nc3c(F)cccc3F)NC2=O)cc1. The van der Waals surface area contributed by atoms with Crippen LogP contribution in [0.4, 0.5) is 20.2 Å². The van der Waals surface area contributed by atoms with Crippen molar-refractivity contribution in [1.82, 2.24) is 5.32 Å². The molecule has 2 aromatic carbocycles. The van der Waals surface area contributed by atoms with Crippen LogP contribution < -0.4 is 10.6 Å². The van der Waals surface area contributed by atoms with Gasteiger partial charge >= 0.3 is 0 Å². The Morgan fingerprint density at radius 1 is 1.19 bits per heavy atom. The highest BCUT2D eigenvalue weighted by atomic mass is 32.2. The third-order valence-corrected chi connectivity index (χ3v) is 4.72. The number of para-hydroxylation sites is 1. The number of amidine groups is 1. The highest BCUT2D eigenvalue weighted by Gasteiger charge is 2.32. The molecule has 1 aliphatic rings. The molecule has 1 aliphatic heterocycles. The van der Waals surface area contributed by atoms with Crippen LogP contribution >= 0.6 is 11.8 Å². The number of thioether (sulfide) groups is 1. The predicted octanol–water partition coefficient (Wildman–Crippen LogP) is 3.52. The number of nitrogens with zero attached hydrogens (tertiary/aromatic N) is 1. The summed E-state index contributed by atoms with van der Waals surface area (Å²) >= 11 is 0.968. The molecule has 1 atom stereocenters. The number of aliphatic imine (C=N–C) groups is 1. The number of amides is 2. The number of benzene rings is 2. The van der Waals surface area contributed by atoms with E-state index < -0.39 is 28.5 Å². The molecule has 8 heteroatoms. The lowest BCUT2D eigenvalue weighted by atomic mass is 10.2. The molecule has 1 fully saturated rings. The molecular formula is C18H15F2N3O2S. The van der Waals surface area contributed by atoms with E-state index in [1.807, 2.05) is 19.1 Å². The molecule has 0 saturated carbocycles. The monoisotopic (exact) mass is 375 g/mol. The molecule has 0 radical (unpaired) electrons. The average Bonchev–Trinajstić information content (AvgIpc) is 2.93. The molecule has 2 N–H and O–H groups in total. The first-order valence-corrected chi connectivity index (χ1v) is 8.67. The maximum absolute atomic E-state index is 13.6. The summed E-state index contributed by atoms with van der Waals surface area (Å²) in [6.07, 6.45) is -0.0802. The molecule has 0 aliphatic carbocycles. The Morgan fingerprint density at radius 2 is 1.85 bits per heavy atom. The van der Waals surface area contributed by atoms with E-state index in [1.165, 1.54) is 6.07 Å². The number of halogens is 2. The predicted molar refractivity (Wildman–Crippen MR) is 97.4 cm³/mol. The maximum Gasteiger partial charge on any atom is 0.240 e. The molecule has 3 rings (SSSR count). The zero-order valence-electron chi connectivity index (χ0n) is 13.8. The van der Waals surface area contributed by atoms with Crippen LogP contribution in [0.25, 0.3) is 0 Å². The second kappa shape index (κ2) is 7.65. The molecule has 2 amide bonds.